The zero-order valence-corrected chi connectivity index (χ0v) is 17.4. The first kappa shape index (κ1) is 20.5. The monoisotopic (exact) mass is 481 g/mol. The molecular weight excluding hydrogens is 469 g/mol. The predicted octanol–water partition coefficient (Wildman–Crippen LogP) is 4.45. The predicted molar refractivity (Wildman–Crippen MR) is 112 cm³/mol. The lowest BCUT2D eigenvalue weighted by atomic mass is 10.1. The first-order valence-electron chi connectivity index (χ1n) is 7.97. The van der Waals surface area contributed by atoms with E-state index in [-0.39, 0.29) is 16.7 Å². The van der Waals surface area contributed by atoms with Crippen LogP contribution >= 0.6 is 39.9 Å². The van der Waals surface area contributed by atoms with Crippen LogP contribution in [0.25, 0.3) is 6.08 Å². The fourth-order valence-electron chi connectivity index (χ4n) is 2.42. The molecule has 1 heterocycles. The molecule has 0 radical (unpaired) electrons. The van der Waals surface area contributed by atoms with Crippen LogP contribution < -0.4 is 4.74 Å². The van der Waals surface area contributed by atoms with Crippen molar-refractivity contribution in [3.63, 3.8) is 0 Å². The fourth-order valence-corrected chi connectivity index (χ4v) is 4.04. The standard InChI is InChI=1S/C19H13BrFNO4S2/c20-13-3-6-15(26-10-11-1-4-14(21)5-2-11)12(7-13)8-16-18(25)22(9-17(23)24)19(27)28-16/h1-8H,9-10H2,(H,23,24)/b16-8+. The average Bonchev–Trinajstić information content (AvgIpc) is 2.89. The summed E-state index contributed by atoms with van der Waals surface area (Å²) < 4.78 is 19.8. The molecule has 5 nitrogen and oxygen atoms in total. The van der Waals surface area contributed by atoms with Gasteiger partial charge in [-0.05, 0) is 42.0 Å². The van der Waals surface area contributed by atoms with Crippen molar-refractivity contribution in [1.82, 2.24) is 4.90 Å². The largest absolute Gasteiger partial charge is 0.488 e. The summed E-state index contributed by atoms with van der Waals surface area (Å²) in [6, 6.07) is 11.3. The number of amides is 1. The maximum absolute atomic E-state index is 13.0. The van der Waals surface area contributed by atoms with Crippen molar-refractivity contribution in [2.75, 3.05) is 6.54 Å². The molecule has 1 amide bonds. The minimum absolute atomic E-state index is 0.197. The van der Waals surface area contributed by atoms with E-state index in [1.165, 1.54) is 12.1 Å². The van der Waals surface area contributed by atoms with E-state index >= 15 is 0 Å². The molecule has 2 aromatic rings. The van der Waals surface area contributed by atoms with Crippen molar-refractivity contribution in [3.05, 3.63) is 68.8 Å². The van der Waals surface area contributed by atoms with Gasteiger partial charge < -0.3 is 9.84 Å². The molecule has 0 spiro atoms. The first-order chi connectivity index (χ1) is 13.3. The van der Waals surface area contributed by atoms with Gasteiger partial charge in [0.1, 0.15) is 29.0 Å². The number of benzene rings is 2. The van der Waals surface area contributed by atoms with Crippen molar-refractivity contribution < 1.29 is 23.8 Å². The summed E-state index contributed by atoms with van der Waals surface area (Å²) in [7, 11) is 0. The number of carboxylic acid groups (broad SMARTS) is 1. The van der Waals surface area contributed by atoms with Crippen LogP contribution in [0.3, 0.4) is 0 Å². The molecule has 1 saturated heterocycles. The van der Waals surface area contributed by atoms with Crippen LogP contribution in [-0.4, -0.2) is 32.7 Å². The summed E-state index contributed by atoms with van der Waals surface area (Å²) in [6.45, 7) is -0.253. The molecule has 0 unspecified atom stereocenters. The van der Waals surface area contributed by atoms with Crippen LogP contribution in [0.5, 0.6) is 5.75 Å². The first-order valence-corrected chi connectivity index (χ1v) is 9.99. The molecule has 1 aliphatic heterocycles. The number of carbonyl (C=O) groups excluding carboxylic acids is 1. The average molecular weight is 482 g/mol. The molecule has 1 aliphatic rings. The lowest BCUT2D eigenvalue weighted by Crippen LogP contribution is -2.33. The van der Waals surface area contributed by atoms with Gasteiger partial charge in [-0.2, -0.15) is 0 Å². The van der Waals surface area contributed by atoms with Gasteiger partial charge in [0, 0.05) is 10.0 Å². The number of rotatable bonds is 6. The Kier molecular flexibility index (Phi) is 6.48. The summed E-state index contributed by atoms with van der Waals surface area (Å²) in [5.74, 6) is -1.39. The van der Waals surface area contributed by atoms with E-state index in [4.69, 9.17) is 22.1 Å². The number of thioether (sulfide) groups is 1. The molecule has 1 N–H and O–H groups in total. The Hall–Kier alpha value is -2.23. The van der Waals surface area contributed by atoms with Crippen LogP contribution in [0.4, 0.5) is 4.39 Å². The summed E-state index contributed by atoms with van der Waals surface area (Å²) >= 11 is 9.54. The summed E-state index contributed by atoms with van der Waals surface area (Å²) in [5, 5.41) is 8.93. The lowest BCUT2D eigenvalue weighted by Gasteiger charge is -2.11. The molecule has 28 heavy (non-hydrogen) atoms. The highest BCUT2D eigenvalue weighted by atomic mass is 79.9. The Labute approximate surface area is 178 Å². The number of aliphatic carboxylic acids is 1. The SMILES string of the molecule is O=C(O)CN1C(=O)/C(=C\c2cc(Br)ccc2OCc2ccc(F)cc2)SC1=S. The van der Waals surface area contributed by atoms with Crippen LogP contribution in [0.1, 0.15) is 11.1 Å². The van der Waals surface area contributed by atoms with Crippen molar-refractivity contribution in [1.29, 1.82) is 0 Å². The molecule has 9 heteroatoms. The van der Waals surface area contributed by atoms with Crippen molar-refractivity contribution >= 4 is 62.2 Å². The maximum atomic E-state index is 13.0. The number of halogens is 2. The van der Waals surface area contributed by atoms with E-state index < -0.39 is 18.4 Å². The number of thiocarbonyl (C=S) groups is 1. The van der Waals surface area contributed by atoms with Gasteiger partial charge in [-0.3, -0.25) is 14.5 Å². The van der Waals surface area contributed by atoms with Crippen LogP contribution in [-0.2, 0) is 16.2 Å². The van der Waals surface area contributed by atoms with E-state index in [1.807, 2.05) is 0 Å². The van der Waals surface area contributed by atoms with Gasteiger partial charge in [-0.1, -0.05) is 52.0 Å². The van der Waals surface area contributed by atoms with E-state index in [0.717, 1.165) is 26.7 Å². The molecular formula is C19H13BrFNO4S2. The third kappa shape index (κ3) is 4.98. The Morgan fingerprint density at radius 3 is 2.68 bits per heavy atom. The highest BCUT2D eigenvalue weighted by Gasteiger charge is 2.33. The molecule has 144 valence electrons. The summed E-state index contributed by atoms with van der Waals surface area (Å²) in [5.41, 5.74) is 1.43. The maximum Gasteiger partial charge on any atom is 0.323 e. The number of hydrogen-bond acceptors (Lipinski definition) is 5. The summed E-state index contributed by atoms with van der Waals surface area (Å²) in [6.07, 6.45) is 1.62. The Balaban J connectivity index is 1.83. The molecule has 2 aromatic carbocycles. The molecule has 0 saturated carbocycles. The zero-order valence-electron chi connectivity index (χ0n) is 14.2. The molecule has 1 fully saturated rings. The minimum atomic E-state index is -1.14. The Morgan fingerprint density at radius 1 is 1.29 bits per heavy atom. The van der Waals surface area contributed by atoms with Crippen molar-refractivity contribution in [3.8, 4) is 5.75 Å². The van der Waals surface area contributed by atoms with Gasteiger partial charge in [0.15, 0.2) is 0 Å². The Morgan fingerprint density at radius 2 is 2.00 bits per heavy atom. The molecule has 0 aliphatic carbocycles. The molecule has 0 atom stereocenters. The van der Waals surface area contributed by atoms with Gasteiger partial charge in [0.05, 0.1) is 4.91 Å². The van der Waals surface area contributed by atoms with Gasteiger partial charge in [0.2, 0.25) is 0 Å². The van der Waals surface area contributed by atoms with Crippen molar-refractivity contribution in [2.45, 2.75) is 6.61 Å². The second kappa shape index (κ2) is 8.85. The highest BCUT2D eigenvalue weighted by Crippen LogP contribution is 2.35. The topological polar surface area (TPSA) is 66.8 Å². The molecule has 3 rings (SSSR count). The second-order valence-corrected chi connectivity index (χ2v) is 8.35. The number of carboxylic acids is 1. The van der Waals surface area contributed by atoms with Gasteiger partial charge >= 0.3 is 5.97 Å². The Bertz CT molecular complexity index is 978. The molecule has 0 aromatic heterocycles. The number of ether oxygens (including phenoxy) is 1. The van der Waals surface area contributed by atoms with Crippen LogP contribution in [0.2, 0.25) is 0 Å². The van der Waals surface area contributed by atoms with Crippen LogP contribution in [0.15, 0.2) is 51.8 Å². The third-order valence-electron chi connectivity index (χ3n) is 3.73. The lowest BCUT2D eigenvalue weighted by molar-refractivity contribution is -0.140. The second-order valence-electron chi connectivity index (χ2n) is 5.76. The number of hydrogen-bond donors (Lipinski definition) is 1. The highest BCUT2D eigenvalue weighted by molar-refractivity contribution is 9.10. The smallest absolute Gasteiger partial charge is 0.323 e. The van der Waals surface area contributed by atoms with E-state index in [2.05, 4.69) is 15.9 Å². The van der Waals surface area contributed by atoms with Gasteiger partial charge in [-0.15, -0.1) is 0 Å². The quantitative estimate of drug-likeness (QED) is 0.485. The van der Waals surface area contributed by atoms with E-state index in [0.29, 0.717) is 16.2 Å². The van der Waals surface area contributed by atoms with E-state index in [9.17, 15) is 14.0 Å². The van der Waals surface area contributed by atoms with E-state index in [1.54, 1.807) is 36.4 Å². The minimum Gasteiger partial charge on any atom is -0.488 e. The number of carbonyl (C=O) groups is 2. The van der Waals surface area contributed by atoms with Gasteiger partial charge in [-0.25, -0.2) is 4.39 Å². The normalized spacial score (nSPS) is 15.4. The van der Waals surface area contributed by atoms with Gasteiger partial charge in [0.25, 0.3) is 5.91 Å². The number of nitrogens with zero attached hydrogens (tertiary/aromatic N) is 1. The zero-order chi connectivity index (χ0) is 20.3. The van der Waals surface area contributed by atoms with Crippen molar-refractivity contribution in [2.24, 2.45) is 0 Å². The molecule has 0 bridgehead atoms. The fraction of sp³-hybridized carbons (Fsp3) is 0.105. The summed E-state index contributed by atoms with van der Waals surface area (Å²) in [4.78, 5) is 24.7. The van der Waals surface area contributed by atoms with Crippen LogP contribution in [0, 0.1) is 5.82 Å². The third-order valence-corrected chi connectivity index (χ3v) is 5.60.